The van der Waals surface area contributed by atoms with Crippen LogP contribution >= 0.6 is 11.6 Å². The number of piperidine rings is 1. The van der Waals surface area contributed by atoms with Crippen LogP contribution in [0.15, 0.2) is 66.7 Å². The molecule has 0 unspecified atom stereocenters. The Morgan fingerprint density at radius 2 is 1.63 bits per heavy atom. The number of benzene rings is 3. The van der Waals surface area contributed by atoms with Crippen molar-refractivity contribution in [1.82, 2.24) is 10.2 Å². The first kappa shape index (κ1) is 20.4. The maximum atomic E-state index is 13.1. The lowest BCUT2D eigenvalue weighted by atomic mass is 9.94. The molecule has 5 heteroatoms. The van der Waals surface area contributed by atoms with E-state index >= 15 is 0 Å². The van der Waals surface area contributed by atoms with Crippen molar-refractivity contribution in [2.75, 3.05) is 19.6 Å². The van der Waals surface area contributed by atoms with Gasteiger partial charge < -0.3 is 10.2 Å². The molecule has 0 atom stereocenters. The van der Waals surface area contributed by atoms with Crippen molar-refractivity contribution >= 4 is 34.2 Å². The van der Waals surface area contributed by atoms with Gasteiger partial charge in [0.1, 0.15) is 0 Å². The van der Waals surface area contributed by atoms with Crippen molar-refractivity contribution < 1.29 is 9.59 Å². The molecule has 0 radical (unpaired) electrons. The Morgan fingerprint density at radius 1 is 0.933 bits per heavy atom. The summed E-state index contributed by atoms with van der Waals surface area (Å²) < 4.78 is 0. The van der Waals surface area contributed by atoms with E-state index in [1.165, 1.54) is 0 Å². The standard InChI is InChI=1S/C25H25ClN2O2/c26-21-10-8-18(9-11-21)12-15-27-24(29)20-13-16-28(17-14-20)25(30)23-7-3-5-19-4-1-2-6-22(19)23/h1-11,20H,12-17H2,(H,27,29). The number of carbonyl (C=O) groups is 2. The van der Waals surface area contributed by atoms with Gasteiger partial charge in [-0.3, -0.25) is 9.59 Å². The van der Waals surface area contributed by atoms with Crippen LogP contribution in [0.25, 0.3) is 10.8 Å². The fraction of sp³-hybridized carbons (Fsp3) is 0.280. The van der Waals surface area contributed by atoms with Crippen molar-refractivity contribution in [3.8, 4) is 0 Å². The van der Waals surface area contributed by atoms with Crippen molar-refractivity contribution in [3.63, 3.8) is 0 Å². The minimum absolute atomic E-state index is 0.0354. The first-order valence-corrected chi connectivity index (χ1v) is 10.8. The van der Waals surface area contributed by atoms with E-state index in [2.05, 4.69) is 5.32 Å². The molecule has 0 spiro atoms. The van der Waals surface area contributed by atoms with Gasteiger partial charge in [0.2, 0.25) is 5.91 Å². The largest absolute Gasteiger partial charge is 0.356 e. The van der Waals surface area contributed by atoms with Gasteiger partial charge in [0.25, 0.3) is 5.91 Å². The molecule has 30 heavy (non-hydrogen) atoms. The molecule has 4 nitrogen and oxygen atoms in total. The van der Waals surface area contributed by atoms with Gasteiger partial charge in [0.05, 0.1) is 0 Å². The summed E-state index contributed by atoms with van der Waals surface area (Å²) in [5.41, 5.74) is 1.88. The highest BCUT2D eigenvalue weighted by molar-refractivity contribution is 6.30. The maximum Gasteiger partial charge on any atom is 0.254 e. The molecule has 1 N–H and O–H groups in total. The molecule has 0 saturated carbocycles. The van der Waals surface area contributed by atoms with Gasteiger partial charge in [-0.05, 0) is 53.8 Å². The Labute approximate surface area is 181 Å². The van der Waals surface area contributed by atoms with Gasteiger partial charge in [-0.25, -0.2) is 0 Å². The smallest absolute Gasteiger partial charge is 0.254 e. The highest BCUT2D eigenvalue weighted by Gasteiger charge is 2.28. The Balaban J connectivity index is 1.29. The number of rotatable bonds is 5. The van der Waals surface area contributed by atoms with E-state index in [9.17, 15) is 9.59 Å². The molecule has 1 aliphatic heterocycles. The molecule has 1 saturated heterocycles. The van der Waals surface area contributed by atoms with E-state index in [0.717, 1.165) is 28.3 Å². The van der Waals surface area contributed by atoms with E-state index in [1.807, 2.05) is 71.6 Å². The summed E-state index contributed by atoms with van der Waals surface area (Å²) in [5.74, 6) is 0.0985. The molecule has 0 bridgehead atoms. The van der Waals surface area contributed by atoms with E-state index in [1.54, 1.807) is 0 Å². The van der Waals surface area contributed by atoms with Crippen LogP contribution in [0.4, 0.5) is 0 Å². The van der Waals surface area contributed by atoms with Crippen LogP contribution in [0.5, 0.6) is 0 Å². The molecule has 0 aromatic heterocycles. The Bertz CT molecular complexity index is 1040. The fourth-order valence-corrected chi connectivity index (χ4v) is 4.18. The van der Waals surface area contributed by atoms with Crippen LogP contribution in [0.1, 0.15) is 28.8 Å². The summed E-state index contributed by atoms with van der Waals surface area (Å²) in [7, 11) is 0. The number of fused-ring (bicyclic) bond motifs is 1. The Kier molecular flexibility index (Phi) is 6.34. The lowest BCUT2D eigenvalue weighted by Gasteiger charge is -2.31. The number of hydrogen-bond donors (Lipinski definition) is 1. The van der Waals surface area contributed by atoms with Gasteiger partial charge in [-0.2, -0.15) is 0 Å². The number of carbonyl (C=O) groups excluding carboxylic acids is 2. The van der Waals surface area contributed by atoms with E-state index in [4.69, 9.17) is 11.6 Å². The van der Waals surface area contributed by atoms with E-state index in [0.29, 0.717) is 37.5 Å². The van der Waals surface area contributed by atoms with Crippen molar-refractivity contribution in [2.24, 2.45) is 5.92 Å². The van der Waals surface area contributed by atoms with E-state index < -0.39 is 0 Å². The Hall–Kier alpha value is -2.85. The SMILES string of the molecule is O=C(NCCc1ccc(Cl)cc1)C1CCN(C(=O)c2cccc3ccccc23)CC1. The lowest BCUT2D eigenvalue weighted by molar-refractivity contribution is -0.126. The second-order valence-electron chi connectivity index (χ2n) is 7.76. The average molecular weight is 421 g/mol. The number of likely N-dealkylation sites (tertiary alicyclic amines) is 1. The number of amides is 2. The summed E-state index contributed by atoms with van der Waals surface area (Å²) in [5, 5.41) is 5.80. The van der Waals surface area contributed by atoms with Gasteiger partial charge in [-0.1, -0.05) is 60.1 Å². The first-order chi connectivity index (χ1) is 14.6. The number of nitrogens with one attached hydrogen (secondary N) is 1. The normalized spacial score (nSPS) is 14.6. The fourth-order valence-electron chi connectivity index (χ4n) is 4.05. The predicted octanol–water partition coefficient (Wildman–Crippen LogP) is 4.70. The van der Waals surface area contributed by atoms with Crippen LogP contribution in [0, 0.1) is 5.92 Å². The summed E-state index contributed by atoms with van der Waals surface area (Å²) in [6.45, 7) is 1.82. The second kappa shape index (κ2) is 9.31. The van der Waals surface area contributed by atoms with Gasteiger partial charge >= 0.3 is 0 Å². The van der Waals surface area contributed by atoms with Crippen LogP contribution < -0.4 is 5.32 Å². The highest BCUT2D eigenvalue weighted by atomic mass is 35.5. The minimum Gasteiger partial charge on any atom is -0.356 e. The van der Waals surface area contributed by atoms with Gasteiger partial charge in [0.15, 0.2) is 0 Å². The highest BCUT2D eigenvalue weighted by Crippen LogP contribution is 2.23. The molecule has 1 fully saturated rings. The summed E-state index contributed by atoms with van der Waals surface area (Å²) in [4.78, 5) is 27.5. The molecule has 3 aromatic rings. The van der Waals surface area contributed by atoms with Gasteiger partial charge in [0, 0.05) is 36.1 Å². The van der Waals surface area contributed by atoms with Crippen molar-refractivity contribution in [1.29, 1.82) is 0 Å². The van der Waals surface area contributed by atoms with Crippen LogP contribution in [-0.4, -0.2) is 36.3 Å². The molecule has 0 aliphatic carbocycles. The zero-order valence-electron chi connectivity index (χ0n) is 16.8. The third-order valence-corrected chi connectivity index (χ3v) is 6.05. The maximum absolute atomic E-state index is 13.1. The topological polar surface area (TPSA) is 49.4 Å². The van der Waals surface area contributed by atoms with Crippen LogP contribution in [0.2, 0.25) is 5.02 Å². The molecule has 2 amide bonds. The molecule has 1 aliphatic rings. The Morgan fingerprint density at radius 3 is 2.40 bits per heavy atom. The minimum atomic E-state index is -0.0354. The first-order valence-electron chi connectivity index (χ1n) is 10.4. The monoisotopic (exact) mass is 420 g/mol. The molecule has 154 valence electrons. The van der Waals surface area contributed by atoms with Crippen LogP contribution in [-0.2, 0) is 11.2 Å². The third-order valence-electron chi connectivity index (χ3n) is 5.80. The molecule has 4 rings (SSSR count). The van der Waals surface area contributed by atoms with Crippen molar-refractivity contribution in [3.05, 3.63) is 82.9 Å². The molecule has 3 aromatic carbocycles. The summed E-state index contributed by atoms with van der Waals surface area (Å²) in [6.07, 6.45) is 2.17. The number of hydrogen-bond acceptors (Lipinski definition) is 2. The summed E-state index contributed by atoms with van der Waals surface area (Å²) >= 11 is 5.90. The number of nitrogens with zero attached hydrogens (tertiary/aromatic N) is 1. The van der Waals surface area contributed by atoms with Crippen LogP contribution in [0.3, 0.4) is 0 Å². The average Bonchev–Trinajstić information content (AvgIpc) is 2.79. The van der Waals surface area contributed by atoms with E-state index in [-0.39, 0.29) is 17.7 Å². The second-order valence-corrected chi connectivity index (χ2v) is 8.20. The summed E-state index contributed by atoms with van der Waals surface area (Å²) in [6, 6.07) is 21.5. The number of halogens is 1. The van der Waals surface area contributed by atoms with Gasteiger partial charge in [-0.15, -0.1) is 0 Å². The molecular formula is C25H25ClN2O2. The zero-order chi connectivity index (χ0) is 20.9. The molecular weight excluding hydrogens is 396 g/mol. The lowest BCUT2D eigenvalue weighted by Crippen LogP contribution is -2.43. The quantitative estimate of drug-likeness (QED) is 0.650. The third kappa shape index (κ3) is 4.65. The molecule has 1 heterocycles. The van der Waals surface area contributed by atoms with Crippen molar-refractivity contribution in [2.45, 2.75) is 19.3 Å². The zero-order valence-corrected chi connectivity index (χ0v) is 17.6. The predicted molar refractivity (Wildman–Crippen MR) is 121 cm³/mol.